The van der Waals surface area contributed by atoms with Crippen LogP contribution in [0.25, 0.3) is 0 Å². The molecule has 1 heterocycles. The second-order valence-corrected chi connectivity index (χ2v) is 7.18. The minimum Gasteiger partial charge on any atom is -0.229 e. The van der Waals surface area contributed by atoms with Crippen molar-refractivity contribution < 1.29 is 8.42 Å². The Bertz CT molecular complexity index is 262. The molecule has 0 saturated carbocycles. The summed E-state index contributed by atoms with van der Waals surface area (Å²) in [5.41, 5.74) is -0.00618. The van der Waals surface area contributed by atoms with Crippen molar-refractivity contribution in [2.45, 2.75) is 39.4 Å². The maximum Gasteiger partial charge on any atom is 0.153 e. The van der Waals surface area contributed by atoms with Crippen LogP contribution in [0.5, 0.6) is 0 Å². The van der Waals surface area contributed by atoms with E-state index < -0.39 is 9.84 Å². The zero-order chi connectivity index (χ0) is 9.57. The van der Waals surface area contributed by atoms with Crippen molar-refractivity contribution in [2.24, 2.45) is 11.3 Å². The highest BCUT2D eigenvalue weighted by Crippen LogP contribution is 2.38. The van der Waals surface area contributed by atoms with E-state index in [0.29, 0.717) is 5.75 Å². The molecule has 1 aliphatic heterocycles. The fourth-order valence-corrected chi connectivity index (χ4v) is 4.99. The third kappa shape index (κ3) is 1.82. The Balaban J connectivity index is 2.93. The number of hydrogen-bond donors (Lipinski definition) is 0. The van der Waals surface area contributed by atoms with Gasteiger partial charge in [-0.3, -0.25) is 0 Å². The van der Waals surface area contributed by atoms with Gasteiger partial charge in [-0.1, -0.05) is 27.7 Å². The van der Waals surface area contributed by atoms with Gasteiger partial charge in [0.1, 0.15) is 0 Å². The first-order valence-electron chi connectivity index (χ1n) is 4.46. The van der Waals surface area contributed by atoms with Crippen molar-refractivity contribution in [3.63, 3.8) is 0 Å². The Morgan fingerprint density at radius 2 is 1.83 bits per heavy atom. The topological polar surface area (TPSA) is 34.1 Å². The van der Waals surface area contributed by atoms with Crippen LogP contribution in [0.2, 0.25) is 0 Å². The first-order valence-corrected chi connectivity index (χ1v) is 6.18. The highest BCUT2D eigenvalue weighted by Gasteiger charge is 2.44. The lowest BCUT2D eigenvalue weighted by atomic mass is 9.88. The predicted molar refractivity (Wildman–Crippen MR) is 50.8 cm³/mol. The summed E-state index contributed by atoms with van der Waals surface area (Å²) in [5.74, 6) is 0.625. The van der Waals surface area contributed by atoms with Crippen molar-refractivity contribution in [1.29, 1.82) is 0 Å². The Morgan fingerprint density at radius 1 is 1.33 bits per heavy atom. The summed E-state index contributed by atoms with van der Waals surface area (Å²) in [7, 11) is -2.79. The monoisotopic (exact) mass is 190 g/mol. The van der Waals surface area contributed by atoms with Crippen LogP contribution >= 0.6 is 0 Å². The zero-order valence-electron chi connectivity index (χ0n) is 8.29. The van der Waals surface area contributed by atoms with Crippen LogP contribution < -0.4 is 0 Å². The first-order chi connectivity index (χ1) is 5.25. The maximum atomic E-state index is 11.6. The van der Waals surface area contributed by atoms with Crippen molar-refractivity contribution in [3.8, 4) is 0 Å². The summed E-state index contributed by atoms with van der Waals surface area (Å²) in [6.07, 6.45) is 0.826. The molecule has 0 radical (unpaired) electrons. The molecular formula is C9H18O2S. The molecule has 0 spiro atoms. The van der Waals surface area contributed by atoms with E-state index >= 15 is 0 Å². The van der Waals surface area contributed by atoms with E-state index in [4.69, 9.17) is 0 Å². The van der Waals surface area contributed by atoms with Gasteiger partial charge in [-0.15, -0.1) is 0 Å². The molecule has 0 aromatic rings. The molecule has 0 bridgehead atoms. The molecule has 0 aromatic carbocycles. The van der Waals surface area contributed by atoms with Gasteiger partial charge in [0.15, 0.2) is 9.84 Å². The molecule has 0 amide bonds. The molecule has 3 heteroatoms. The number of hydrogen-bond acceptors (Lipinski definition) is 2. The van der Waals surface area contributed by atoms with Gasteiger partial charge in [-0.25, -0.2) is 8.42 Å². The minimum absolute atomic E-state index is 0.00618. The van der Waals surface area contributed by atoms with Crippen molar-refractivity contribution in [2.75, 3.05) is 5.75 Å². The quantitative estimate of drug-likeness (QED) is 0.632. The summed E-state index contributed by atoms with van der Waals surface area (Å²) in [6.45, 7) is 8.05. The highest BCUT2D eigenvalue weighted by atomic mass is 32.2. The van der Waals surface area contributed by atoms with Gasteiger partial charge in [0.2, 0.25) is 0 Å². The molecular weight excluding hydrogens is 172 g/mol. The van der Waals surface area contributed by atoms with E-state index in [0.717, 1.165) is 6.42 Å². The molecule has 1 saturated heterocycles. The predicted octanol–water partition coefficient (Wildman–Crippen LogP) is 1.86. The molecule has 0 N–H and O–H groups in total. The van der Waals surface area contributed by atoms with Crippen LogP contribution in [-0.2, 0) is 9.84 Å². The Labute approximate surface area is 75.3 Å². The van der Waals surface area contributed by atoms with E-state index in [2.05, 4.69) is 0 Å². The van der Waals surface area contributed by atoms with Crippen LogP contribution in [0, 0.1) is 11.3 Å². The molecule has 1 atom stereocenters. The smallest absolute Gasteiger partial charge is 0.153 e. The zero-order valence-corrected chi connectivity index (χ0v) is 9.11. The molecule has 0 aromatic heterocycles. The summed E-state index contributed by atoms with van der Waals surface area (Å²) in [5, 5.41) is -0.104. The molecule has 1 aliphatic rings. The van der Waals surface area contributed by atoms with Crippen LogP contribution in [-0.4, -0.2) is 19.4 Å². The van der Waals surface area contributed by atoms with E-state index in [1.807, 2.05) is 27.7 Å². The molecule has 12 heavy (non-hydrogen) atoms. The van der Waals surface area contributed by atoms with Gasteiger partial charge in [-0.2, -0.15) is 0 Å². The molecule has 72 valence electrons. The fraction of sp³-hybridized carbons (Fsp3) is 1.00. The Kier molecular flexibility index (Phi) is 2.28. The second kappa shape index (κ2) is 2.72. The Hall–Kier alpha value is -0.0500. The van der Waals surface area contributed by atoms with Crippen LogP contribution in [0.3, 0.4) is 0 Å². The van der Waals surface area contributed by atoms with Crippen molar-refractivity contribution >= 4 is 9.84 Å². The van der Waals surface area contributed by atoms with Gasteiger partial charge in [0.05, 0.1) is 11.0 Å². The summed E-state index contributed by atoms with van der Waals surface area (Å²) < 4.78 is 23.2. The maximum absolute atomic E-state index is 11.6. The lowest BCUT2D eigenvalue weighted by Crippen LogP contribution is -2.21. The van der Waals surface area contributed by atoms with Gasteiger partial charge < -0.3 is 0 Å². The van der Waals surface area contributed by atoms with Crippen LogP contribution in [0.1, 0.15) is 34.1 Å². The number of sulfone groups is 1. The van der Waals surface area contributed by atoms with Crippen LogP contribution in [0.4, 0.5) is 0 Å². The third-order valence-corrected chi connectivity index (χ3v) is 5.37. The SMILES string of the molecule is CC(C)C1CC(C)(C)CS1(=O)=O. The van der Waals surface area contributed by atoms with E-state index in [-0.39, 0.29) is 16.6 Å². The van der Waals surface area contributed by atoms with Gasteiger partial charge in [-0.05, 0) is 17.8 Å². The molecule has 2 nitrogen and oxygen atoms in total. The normalized spacial score (nSPS) is 32.6. The van der Waals surface area contributed by atoms with E-state index in [1.165, 1.54) is 0 Å². The van der Waals surface area contributed by atoms with Gasteiger partial charge in [0, 0.05) is 0 Å². The first kappa shape index (κ1) is 10.0. The standard InChI is InChI=1S/C9H18O2S/c1-7(2)8-5-9(3,4)6-12(8,10)11/h7-8H,5-6H2,1-4H3. The van der Waals surface area contributed by atoms with Gasteiger partial charge >= 0.3 is 0 Å². The summed E-state index contributed by atoms with van der Waals surface area (Å²) in [4.78, 5) is 0. The molecule has 1 unspecified atom stereocenters. The Morgan fingerprint density at radius 3 is 2.00 bits per heavy atom. The van der Waals surface area contributed by atoms with E-state index in [1.54, 1.807) is 0 Å². The fourth-order valence-electron chi connectivity index (χ4n) is 2.03. The summed E-state index contributed by atoms with van der Waals surface area (Å²) >= 11 is 0. The third-order valence-electron chi connectivity index (χ3n) is 2.55. The van der Waals surface area contributed by atoms with Crippen molar-refractivity contribution in [1.82, 2.24) is 0 Å². The number of rotatable bonds is 1. The average molecular weight is 190 g/mol. The van der Waals surface area contributed by atoms with Crippen LogP contribution in [0.15, 0.2) is 0 Å². The molecule has 1 fully saturated rings. The lowest BCUT2D eigenvalue weighted by Gasteiger charge is -2.16. The van der Waals surface area contributed by atoms with E-state index in [9.17, 15) is 8.42 Å². The molecule has 1 rings (SSSR count). The average Bonchev–Trinajstić information content (AvgIpc) is 1.99. The van der Waals surface area contributed by atoms with Crippen molar-refractivity contribution in [3.05, 3.63) is 0 Å². The largest absolute Gasteiger partial charge is 0.229 e. The lowest BCUT2D eigenvalue weighted by molar-refractivity contribution is 0.378. The highest BCUT2D eigenvalue weighted by molar-refractivity contribution is 7.92. The minimum atomic E-state index is -2.79. The van der Waals surface area contributed by atoms with Gasteiger partial charge in [0.25, 0.3) is 0 Å². The molecule has 0 aliphatic carbocycles. The second-order valence-electron chi connectivity index (χ2n) is 4.96. The summed E-state index contributed by atoms with van der Waals surface area (Å²) in [6, 6.07) is 0.